The molecule has 2 aromatic rings. The molecular weight excluding hydrogens is 610 g/mol. The smallest absolute Gasteiger partial charge is 0.432 e. The molecule has 1 aromatic carbocycles. The Balaban J connectivity index is 0.000000166. The van der Waals surface area contributed by atoms with E-state index in [1.54, 1.807) is 0 Å². The first-order valence-corrected chi connectivity index (χ1v) is 15.4. The summed E-state index contributed by atoms with van der Waals surface area (Å²) in [7, 11) is 0. The van der Waals surface area contributed by atoms with E-state index in [0.29, 0.717) is 31.0 Å². The number of nitrogens with one attached hydrogen (secondary N) is 1. The second-order valence-electron chi connectivity index (χ2n) is 12.9. The van der Waals surface area contributed by atoms with Crippen molar-refractivity contribution < 1.29 is 55.5 Å². The van der Waals surface area contributed by atoms with Gasteiger partial charge in [-0.15, -0.1) is 0 Å². The molecule has 2 N–H and O–H groups in total. The van der Waals surface area contributed by atoms with Gasteiger partial charge in [0.05, 0.1) is 23.1 Å². The van der Waals surface area contributed by atoms with Gasteiger partial charge in [-0.1, -0.05) is 31.9 Å². The van der Waals surface area contributed by atoms with Crippen LogP contribution in [-0.2, 0) is 36.4 Å². The predicted molar refractivity (Wildman–Crippen MR) is 146 cm³/mol. The van der Waals surface area contributed by atoms with Crippen LogP contribution in [0.3, 0.4) is 0 Å². The normalized spacial score (nSPS) is 35.5. The van der Waals surface area contributed by atoms with Crippen LogP contribution in [0.2, 0.25) is 0 Å². The van der Waals surface area contributed by atoms with E-state index in [4.69, 9.17) is 19.2 Å². The summed E-state index contributed by atoms with van der Waals surface area (Å²) in [6.07, 6.45) is -4.59. The number of carbonyl (C=O) groups is 1. The van der Waals surface area contributed by atoms with Crippen LogP contribution in [0.25, 0.3) is 10.9 Å². The number of benzene rings is 1. The van der Waals surface area contributed by atoms with Gasteiger partial charge in [-0.25, -0.2) is 14.8 Å². The van der Waals surface area contributed by atoms with Crippen LogP contribution in [0.4, 0.5) is 26.3 Å². The monoisotopic (exact) mass is 646 g/mol. The number of hydrogen-bond donors (Lipinski definition) is 2. The highest BCUT2D eigenvalue weighted by atomic mass is 19.4. The number of hydrogen-bond acceptors (Lipinski definition) is 8. The molecule has 8 nitrogen and oxygen atoms in total. The number of aliphatic hydroxyl groups is 1. The number of rotatable bonds is 2. The topological polar surface area (TPSA) is 99.1 Å². The summed E-state index contributed by atoms with van der Waals surface area (Å²) in [5.41, 5.74) is -4.30. The van der Waals surface area contributed by atoms with Crippen molar-refractivity contribution in [3.05, 3.63) is 41.1 Å². The van der Waals surface area contributed by atoms with Gasteiger partial charge in [0.25, 0.3) is 0 Å². The van der Waals surface area contributed by atoms with Gasteiger partial charge in [0, 0.05) is 23.8 Å². The fraction of sp³-hybridized carbons (Fsp3) is 0.677. The molecule has 0 amide bonds. The summed E-state index contributed by atoms with van der Waals surface area (Å²) in [6.45, 7) is 4.38. The van der Waals surface area contributed by atoms with Crippen molar-refractivity contribution in [2.75, 3.05) is 6.54 Å². The first-order chi connectivity index (χ1) is 21.1. The standard InChI is InChI=1S/C17H16F6N2O.C14H20O5/c18-16(19,20)11-5-3-4-9-10(15(26)12-6-1-2-7-24-12)8-13(17(21,22)23)25-14(9)11;1-8-10-5-3-4-9-6-7-13(2)17-12(16-11(8)15)14(9,10)19-18-13/h3-5,8,12,15,24,26H,1-2,6-7H2;8-10,12H,3-7H2,1-2H3/t;8-,9-,10+,12-,13+,14-/m.1/s1. The summed E-state index contributed by atoms with van der Waals surface area (Å²) in [5, 5.41) is 13.5. The van der Waals surface area contributed by atoms with E-state index in [2.05, 4.69) is 10.3 Å². The second-order valence-corrected chi connectivity index (χ2v) is 12.9. The fourth-order valence-electron chi connectivity index (χ4n) is 7.67. The van der Waals surface area contributed by atoms with E-state index in [9.17, 15) is 36.2 Å². The Morgan fingerprint density at radius 3 is 2.49 bits per heavy atom. The molecule has 8 rings (SSSR count). The number of nitrogens with zero attached hydrogens (tertiary/aromatic N) is 1. The molecule has 45 heavy (non-hydrogen) atoms. The fourth-order valence-corrected chi connectivity index (χ4v) is 7.67. The maximum Gasteiger partial charge on any atom is 0.433 e. The molecule has 1 spiro atoms. The number of alkyl halides is 6. The Bertz CT molecular complexity index is 1430. The lowest BCUT2D eigenvalue weighted by atomic mass is 9.61. The second kappa shape index (κ2) is 11.6. The summed E-state index contributed by atoms with van der Waals surface area (Å²) in [6, 6.07) is 3.16. The van der Waals surface area contributed by atoms with E-state index >= 15 is 0 Å². The van der Waals surface area contributed by atoms with Crippen LogP contribution in [0, 0.1) is 17.8 Å². The number of carbonyl (C=O) groups excluding carboxylic acids is 1. The molecule has 1 saturated carbocycles. The zero-order valence-corrected chi connectivity index (χ0v) is 24.8. The van der Waals surface area contributed by atoms with Gasteiger partial charge in [-0.3, -0.25) is 4.79 Å². The Labute approximate surface area is 255 Å². The number of esters is 1. The lowest BCUT2D eigenvalue weighted by Crippen LogP contribution is -2.68. The van der Waals surface area contributed by atoms with Gasteiger partial charge < -0.3 is 19.9 Å². The van der Waals surface area contributed by atoms with Crippen molar-refractivity contribution in [2.24, 2.45) is 17.8 Å². The Morgan fingerprint density at radius 2 is 1.80 bits per heavy atom. The molecule has 2 unspecified atom stereocenters. The molecule has 6 aliphatic rings. The number of fused-ring (bicyclic) bond motifs is 3. The van der Waals surface area contributed by atoms with Gasteiger partial charge in [0.1, 0.15) is 5.69 Å². The molecule has 14 heteroatoms. The van der Waals surface area contributed by atoms with Crippen molar-refractivity contribution in [2.45, 2.75) is 107 Å². The predicted octanol–water partition coefficient (Wildman–Crippen LogP) is 6.60. The lowest BCUT2D eigenvalue weighted by Gasteiger charge is -2.56. The van der Waals surface area contributed by atoms with Crippen LogP contribution in [0.15, 0.2) is 24.3 Å². The van der Waals surface area contributed by atoms with Crippen molar-refractivity contribution in [1.29, 1.82) is 0 Å². The molecule has 1 aromatic heterocycles. The van der Waals surface area contributed by atoms with Crippen LogP contribution in [0.1, 0.15) is 88.1 Å². The SMILES string of the molecule is C[C@H]1C(=O)O[C@@H]2O[C@]3(C)CC[C@H]4CCC[C@@H]1[C@]42OO3.OC(c1cc(C(F)(F)F)nc2c(C(F)(F)F)cccc12)C1CCCCN1. The van der Waals surface area contributed by atoms with Gasteiger partial charge in [-0.05, 0) is 69.2 Å². The molecular formula is C31H36F6N2O6. The molecule has 248 valence electrons. The Hall–Kier alpha value is -2.52. The zero-order valence-electron chi connectivity index (χ0n) is 24.8. The van der Waals surface area contributed by atoms with Crippen LogP contribution in [-0.4, -0.2) is 46.3 Å². The van der Waals surface area contributed by atoms with Gasteiger partial charge in [0.2, 0.25) is 12.1 Å². The van der Waals surface area contributed by atoms with Crippen molar-refractivity contribution in [1.82, 2.24) is 10.3 Å². The minimum atomic E-state index is -4.93. The third kappa shape index (κ3) is 5.81. The highest BCUT2D eigenvalue weighted by molar-refractivity contribution is 5.86. The number of aromatic nitrogens is 1. The third-order valence-corrected chi connectivity index (χ3v) is 10.0. The number of piperidine rings is 1. The van der Waals surface area contributed by atoms with Crippen molar-refractivity contribution in [3.8, 4) is 0 Å². The molecule has 2 bridgehead atoms. The highest BCUT2D eigenvalue weighted by Crippen LogP contribution is 2.58. The maximum absolute atomic E-state index is 13.2. The van der Waals surface area contributed by atoms with Crippen LogP contribution in [0.5, 0.6) is 0 Å². The largest absolute Gasteiger partial charge is 0.433 e. The summed E-state index contributed by atoms with van der Waals surface area (Å²) < 4.78 is 90.8. The number of pyridine rings is 1. The summed E-state index contributed by atoms with van der Waals surface area (Å²) >= 11 is 0. The number of ether oxygens (including phenoxy) is 2. The highest BCUT2D eigenvalue weighted by Gasteiger charge is 2.68. The molecule has 6 fully saturated rings. The van der Waals surface area contributed by atoms with Crippen molar-refractivity contribution in [3.63, 3.8) is 0 Å². The molecule has 5 aliphatic heterocycles. The van der Waals surface area contributed by atoms with Crippen molar-refractivity contribution >= 4 is 16.9 Å². The zero-order chi connectivity index (χ0) is 32.4. The summed E-state index contributed by atoms with van der Waals surface area (Å²) in [4.78, 5) is 26.7. The number of para-hydroxylation sites is 1. The minimum Gasteiger partial charge on any atom is -0.432 e. The van der Waals surface area contributed by atoms with E-state index in [1.807, 2.05) is 13.8 Å². The van der Waals surface area contributed by atoms with Gasteiger partial charge >= 0.3 is 18.3 Å². The first kappa shape index (κ1) is 32.4. The quantitative estimate of drug-likeness (QED) is 0.214. The molecule has 8 atom stereocenters. The molecule has 5 saturated heterocycles. The summed E-state index contributed by atoms with van der Waals surface area (Å²) in [5.74, 6) is -0.593. The molecule has 1 aliphatic carbocycles. The molecule has 0 radical (unpaired) electrons. The minimum absolute atomic E-state index is 0.132. The average Bonchev–Trinajstić information content (AvgIpc) is 3.22. The van der Waals surface area contributed by atoms with Crippen LogP contribution >= 0.6 is 0 Å². The first-order valence-electron chi connectivity index (χ1n) is 15.4. The average molecular weight is 647 g/mol. The van der Waals surface area contributed by atoms with Crippen LogP contribution < -0.4 is 5.32 Å². The van der Waals surface area contributed by atoms with E-state index in [1.165, 1.54) is 6.07 Å². The van der Waals surface area contributed by atoms with Gasteiger partial charge in [-0.2, -0.15) is 26.3 Å². The number of halogens is 6. The number of aliphatic hydroxyl groups excluding tert-OH is 1. The Morgan fingerprint density at radius 1 is 1.02 bits per heavy atom. The van der Waals surface area contributed by atoms with E-state index in [-0.39, 0.29) is 28.8 Å². The van der Waals surface area contributed by atoms with E-state index in [0.717, 1.165) is 51.0 Å². The maximum atomic E-state index is 13.2. The lowest BCUT2D eigenvalue weighted by molar-refractivity contribution is -0.557. The third-order valence-electron chi connectivity index (χ3n) is 10.0. The molecule has 6 heterocycles. The van der Waals surface area contributed by atoms with Gasteiger partial charge in [0.15, 0.2) is 5.60 Å². The van der Waals surface area contributed by atoms with E-state index < -0.39 is 59.0 Å². The Kier molecular flexibility index (Phi) is 8.37.